The van der Waals surface area contributed by atoms with Crippen molar-refractivity contribution in [2.24, 2.45) is 17.3 Å². The van der Waals surface area contributed by atoms with Gasteiger partial charge in [0.1, 0.15) is 0 Å². The summed E-state index contributed by atoms with van der Waals surface area (Å²) in [6.45, 7) is 7.55. The van der Waals surface area contributed by atoms with Crippen LogP contribution in [0.1, 0.15) is 39.5 Å². The summed E-state index contributed by atoms with van der Waals surface area (Å²) in [5, 5.41) is 0. The largest absolute Gasteiger partial charge is 0.345 e. The second-order valence-electron chi connectivity index (χ2n) is 6.93. The van der Waals surface area contributed by atoms with Gasteiger partial charge in [-0.1, -0.05) is 13.8 Å². The number of hydrogen-bond acceptors (Lipinski definition) is 2. The number of amides is 1. The molecule has 1 amide bonds. The van der Waals surface area contributed by atoms with E-state index in [1.807, 2.05) is 11.9 Å². The van der Waals surface area contributed by atoms with Crippen LogP contribution in [0.5, 0.6) is 0 Å². The SMILES string of the molecule is CN1CCC(CN(C)C(=O)C(C)(C)C2CC2)CC1. The van der Waals surface area contributed by atoms with E-state index < -0.39 is 0 Å². The Hall–Kier alpha value is -0.570. The molecule has 18 heavy (non-hydrogen) atoms. The summed E-state index contributed by atoms with van der Waals surface area (Å²) in [4.78, 5) is 16.9. The van der Waals surface area contributed by atoms with Crippen LogP contribution < -0.4 is 0 Å². The van der Waals surface area contributed by atoms with Crippen molar-refractivity contribution in [2.45, 2.75) is 39.5 Å². The first kappa shape index (κ1) is 13.9. The molecular weight excluding hydrogens is 224 g/mol. The van der Waals surface area contributed by atoms with E-state index in [0.29, 0.717) is 17.7 Å². The van der Waals surface area contributed by atoms with Crippen molar-refractivity contribution in [1.82, 2.24) is 9.80 Å². The van der Waals surface area contributed by atoms with Crippen LogP contribution >= 0.6 is 0 Å². The minimum atomic E-state index is -0.139. The second kappa shape index (κ2) is 5.20. The van der Waals surface area contributed by atoms with Crippen molar-refractivity contribution in [1.29, 1.82) is 0 Å². The van der Waals surface area contributed by atoms with Crippen LogP contribution in [0.2, 0.25) is 0 Å². The van der Waals surface area contributed by atoms with Gasteiger partial charge in [0.25, 0.3) is 0 Å². The highest BCUT2D eigenvalue weighted by Gasteiger charge is 2.44. The molecule has 0 radical (unpaired) electrons. The van der Waals surface area contributed by atoms with Gasteiger partial charge in [-0.2, -0.15) is 0 Å². The molecule has 0 bridgehead atoms. The summed E-state index contributed by atoms with van der Waals surface area (Å²) < 4.78 is 0. The first-order valence-electron chi connectivity index (χ1n) is 7.35. The van der Waals surface area contributed by atoms with Crippen LogP contribution in [0.25, 0.3) is 0 Å². The summed E-state index contributed by atoms with van der Waals surface area (Å²) >= 11 is 0. The molecule has 1 heterocycles. The molecule has 1 aliphatic carbocycles. The molecule has 0 N–H and O–H groups in total. The molecule has 0 spiro atoms. The van der Waals surface area contributed by atoms with Crippen LogP contribution in [-0.2, 0) is 4.79 Å². The Morgan fingerprint density at radius 2 is 1.78 bits per heavy atom. The molecule has 1 saturated heterocycles. The molecular formula is C15H28N2O. The molecule has 0 aromatic rings. The Balaban J connectivity index is 1.83. The number of piperidine rings is 1. The molecule has 104 valence electrons. The number of carbonyl (C=O) groups excluding carboxylic acids is 1. The van der Waals surface area contributed by atoms with Crippen molar-refractivity contribution in [3.63, 3.8) is 0 Å². The van der Waals surface area contributed by atoms with Gasteiger partial charge >= 0.3 is 0 Å². The fourth-order valence-corrected chi connectivity index (χ4v) is 3.19. The third kappa shape index (κ3) is 3.05. The third-order valence-corrected chi connectivity index (χ3v) is 4.87. The Bertz CT molecular complexity index is 302. The topological polar surface area (TPSA) is 23.6 Å². The lowest BCUT2D eigenvalue weighted by Crippen LogP contribution is -2.43. The fraction of sp³-hybridized carbons (Fsp3) is 0.933. The number of hydrogen-bond donors (Lipinski definition) is 0. The van der Waals surface area contributed by atoms with Crippen molar-refractivity contribution in [2.75, 3.05) is 33.7 Å². The van der Waals surface area contributed by atoms with E-state index >= 15 is 0 Å². The van der Waals surface area contributed by atoms with Gasteiger partial charge in [-0.15, -0.1) is 0 Å². The van der Waals surface area contributed by atoms with Gasteiger partial charge in [-0.25, -0.2) is 0 Å². The monoisotopic (exact) mass is 252 g/mol. The Morgan fingerprint density at radius 1 is 1.22 bits per heavy atom. The first-order valence-corrected chi connectivity index (χ1v) is 7.35. The lowest BCUT2D eigenvalue weighted by Gasteiger charge is -2.35. The van der Waals surface area contributed by atoms with E-state index in [4.69, 9.17) is 0 Å². The zero-order chi connectivity index (χ0) is 13.3. The molecule has 0 aromatic carbocycles. The molecule has 0 aromatic heterocycles. The van der Waals surface area contributed by atoms with E-state index in [9.17, 15) is 4.79 Å². The van der Waals surface area contributed by atoms with Gasteiger partial charge in [0, 0.05) is 19.0 Å². The molecule has 1 saturated carbocycles. The molecule has 0 atom stereocenters. The molecule has 1 aliphatic heterocycles. The summed E-state index contributed by atoms with van der Waals surface area (Å²) in [6, 6.07) is 0. The van der Waals surface area contributed by atoms with Crippen molar-refractivity contribution in [3.8, 4) is 0 Å². The number of rotatable bonds is 4. The maximum atomic E-state index is 12.5. The van der Waals surface area contributed by atoms with Crippen molar-refractivity contribution >= 4 is 5.91 Å². The Labute approximate surface area is 112 Å². The van der Waals surface area contributed by atoms with Gasteiger partial charge in [-0.05, 0) is 57.7 Å². The molecule has 0 unspecified atom stereocenters. The highest BCUT2D eigenvalue weighted by molar-refractivity contribution is 5.82. The van der Waals surface area contributed by atoms with Crippen molar-refractivity contribution in [3.05, 3.63) is 0 Å². The minimum absolute atomic E-state index is 0.139. The number of carbonyl (C=O) groups is 1. The molecule has 3 nitrogen and oxygen atoms in total. The van der Waals surface area contributed by atoms with E-state index in [2.05, 4.69) is 25.8 Å². The van der Waals surface area contributed by atoms with Crippen LogP contribution in [0.3, 0.4) is 0 Å². The summed E-state index contributed by atoms with van der Waals surface area (Å²) in [5.41, 5.74) is -0.139. The molecule has 3 heteroatoms. The third-order valence-electron chi connectivity index (χ3n) is 4.87. The zero-order valence-electron chi connectivity index (χ0n) is 12.4. The number of nitrogens with zero attached hydrogens (tertiary/aromatic N) is 2. The average Bonchev–Trinajstić information content (AvgIpc) is 3.15. The minimum Gasteiger partial charge on any atom is -0.345 e. The van der Waals surface area contributed by atoms with Crippen LogP contribution in [0.15, 0.2) is 0 Å². The van der Waals surface area contributed by atoms with Crippen LogP contribution in [0, 0.1) is 17.3 Å². The van der Waals surface area contributed by atoms with Crippen LogP contribution in [0.4, 0.5) is 0 Å². The van der Waals surface area contributed by atoms with Gasteiger partial charge in [0.15, 0.2) is 0 Å². The normalized spacial score (nSPS) is 23.1. The van der Waals surface area contributed by atoms with E-state index in [1.54, 1.807) is 0 Å². The molecule has 2 aliphatic rings. The van der Waals surface area contributed by atoms with Gasteiger partial charge in [-0.3, -0.25) is 4.79 Å². The summed E-state index contributed by atoms with van der Waals surface area (Å²) in [5.74, 6) is 1.68. The number of likely N-dealkylation sites (tertiary alicyclic amines) is 1. The lowest BCUT2D eigenvalue weighted by molar-refractivity contribution is -0.140. The second-order valence-corrected chi connectivity index (χ2v) is 6.93. The highest BCUT2D eigenvalue weighted by Crippen LogP contribution is 2.46. The maximum Gasteiger partial charge on any atom is 0.228 e. The van der Waals surface area contributed by atoms with E-state index in [-0.39, 0.29) is 5.41 Å². The first-order chi connectivity index (χ1) is 8.41. The lowest BCUT2D eigenvalue weighted by atomic mass is 9.85. The smallest absolute Gasteiger partial charge is 0.228 e. The Morgan fingerprint density at radius 3 is 2.28 bits per heavy atom. The van der Waals surface area contributed by atoms with E-state index in [1.165, 1.54) is 38.8 Å². The Kier molecular flexibility index (Phi) is 4.00. The van der Waals surface area contributed by atoms with Gasteiger partial charge in [0.05, 0.1) is 0 Å². The fourth-order valence-electron chi connectivity index (χ4n) is 3.19. The highest BCUT2D eigenvalue weighted by atomic mass is 16.2. The van der Waals surface area contributed by atoms with Gasteiger partial charge in [0.2, 0.25) is 5.91 Å². The predicted molar refractivity (Wildman–Crippen MR) is 74.4 cm³/mol. The molecule has 2 fully saturated rings. The molecule has 2 rings (SSSR count). The maximum absolute atomic E-state index is 12.5. The van der Waals surface area contributed by atoms with Crippen molar-refractivity contribution < 1.29 is 4.79 Å². The van der Waals surface area contributed by atoms with E-state index in [0.717, 1.165) is 6.54 Å². The average molecular weight is 252 g/mol. The quantitative estimate of drug-likeness (QED) is 0.766. The van der Waals surface area contributed by atoms with Gasteiger partial charge < -0.3 is 9.80 Å². The predicted octanol–water partition coefficient (Wildman–Crippen LogP) is 2.22. The summed E-state index contributed by atoms with van der Waals surface area (Å²) in [7, 11) is 4.17. The zero-order valence-corrected chi connectivity index (χ0v) is 12.4. The summed E-state index contributed by atoms with van der Waals surface area (Å²) in [6.07, 6.45) is 4.94. The van der Waals surface area contributed by atoms with Crippen LogP contribution in [-0.4, -0.2) is 49.4 Å². The standard InChI is InChI=1S/C15H28N2O/c1-15(2,13-5-6-13)14(18)17(4)11-12-7-9-16(3)10-8-12/h12-13H,5-11H2,1-4H3.